The van der Waals surface area contributed by atoms with Gasteiger partial charge in [0.2, 0.25) is 11.6 Å². The first kappa shape index (κ1) is 49.6. The molecule has 7 rings (SSSR count). The minimum atomic E-state index is -5.10. The summed E-state index contributed by atoms with van der Waals surface area (Å²) in [6.07, 6.45) is -6.65. The van der Waals surface area contributed by atoms with E-state index >= 15 is 0 Å². The monoisotopic (exact) mass is 937 g/mol. The van der Waals surface area contributed by atoms with E-state index in [-0.39, 0.29) is 39.5 Å². The van der Waals surface area contributed by atoms with Crippen LogP contribution in [-0.2, 0) is 83.6 Å². The van der Waals surface area contributed by atoms with Gasteiger partial charge >= 0.3 is 10.4 Å². The second-order valence-electron chi connectivity index (χ2n) is 16.7. The minimum absolute atomic E-state index is 0.0879. The van der Waals surface area contributed by atoms with E-state index < -0.39 is 70.8 Å². The van der Waals surface area contributed by atoms with E-state index in [0.717, 1.165) is 39.7 Å². The third kappa shape index (κ3) is 12.0. The number of rotatable bonds is 22. The van der Waals surface area contributed by atoms with Crippen molar-refractivity contribution < 1.29 is 74.0 Å². The lowest BCUT2D eigenvalue weighted by Crippen LogP contribution is -2.73. The molecule has 3 fully saturated rings. The van der Waals surface area contributed by atoms with Gasteiger partial charge in [0.15, 0.2) is 12.2 Å². The highest BCUT2D eigenvalue weighted by atomic mass is 32.3. The lowest BCUT2D eigenvalue weighted by atomic mass is 9.85. The van der Waals surface area contributed by atoms with Gasteiger partial charge in [-0.15, -0.1) is 0 Å². The van der Waals surface area contributed by atoms with Crippen molar-refractivity contribution in [1.82, 2.24) is 0 Å². The lowest BCUT2D eigenvalue weighted by molar-refractivity contribution is -0.483. The highest BCUT2D eigenvalue weighted by Crippen LogP contribution is 2.48. The van der Waals surface area contributed by atoms with Gasteiger partial charge in [-0.25, -0.2) is 4.18 Å². The molecule has 4 aromatic rings. The Kier molecular flexibility index (Phi) is 16.7. The third-order valence-corrected chi connectivity index (χ3v) is 13.0. The Balaban J connectivity index is 1.23. The van der Waals surface area contributed by atoms with Crippen LogP contribution in [0.2, 0.25) is 0 Å². The Morgan fingerprint density at radius 2 is 1.11 bits per heavy atom. The summed E-state index contributed by atoms with van der Waals surface area (Å²) in [5.74, 6) is -0.484. The molecule has 2 saturated heterocycles. The molecule has 0 aromatic heterocycles. The van der Waals surface area contributed by atoms with Gasteiger partial charge in [-0.05, 0) is 72.5 Å². The van der Waals surface area contributed by atoms with Crippen molar-refractivity contribution in [2.45, 2.75) is 108 Å². The van der Waals surface area contributed by atoms with E-state index in [1.54, 1.807) is 35.2 Å². The summed E-state index contributed by atoms with van der Waals surface area (Å²) < 4.78 is 116. The topological polar surface area (TPSA) is 174 Å². The zero-order valence-electron chi connectivity index (χ0n) is 38.4. The summed E-state index contributed by atoms with van der Waals surface area (Å²) >= 11 is 0. The maximum Gasteiger partial charge on any atom is 0.397 e. The van der Waals surface area contributed by atoms with Crippen molar-refractivity contribution in [2.75, 3.05) is 42.2 Å². The van der Waals surface area contributed by atoms with Gasteiger partial charge < -0.3 is 56.8 Å². The van der Waals surface area contributed by atoms with Crippen LogP contribution in [-0.4, -0.2) is 110 Å². The van der Waals surface area contributed by atoms with Crippen LogP contribution < -0.4 is 14.2 Å². The predicted octanol–water partition coefficient (Wildman–Crippen LogP) is 7.02. The summed E-state index contributed by atoms with van der Waals surface area (Å²) in [5.41, 5.74) is 3.62. The molecule has 0 radical (unpaired) electrons. The first-order valence-corrected chi connectivity index (χ1v) is 23.1. The van der Waals surface area contributed by atoms with Gasteiger partial charge in [0.25, 0.3) is 0 Å². The van der Waals surface area contributed by atoms with E-state index in [1.807, 2.05) is 103 Å². The molecule has 0 bridgehead atoms. The maximum atomic E-state index is 12.8. The molecule has 3 aliphatic rings. The molecule has 2 aliphatic heterocycles. The third-order valence-electron chi connectivity index (χ3n) is 12.6. The van der Waals surface area contributed by atoms with Crippen molar-refractivity contribution in [3.05, 3.63) is 131 Å². The fourth-order valence-corrected chi connectivity index (χ4v) is 9.13. The molecule has 1 aliphatic carbocycles. The number of hydrogen-bond acceptors (Lipinski definition) is 15. The number of fused-ring (bicyclic) bond motifs is 1. The SMILES string of the molecule is COc1ccc(COC[C@H]2[C+](C[C@H]3O[C@@H](OCc4ccccc4)[C@@H]4O[C@@](C)(OC)[C@](C)(OC)O[C@H]4[C@@H]3OS(=O)(=O)O)C[C@@H](OCc3ccc(OC)cc3)[C@@H]2OCc2ccc(OC)cc2)cc1. The number of hydrogen-bond donors (Lipinski definition) is 1. The molecular weight excluding hydrogens is 877 g/mol. The maximum absolute atomic E-state index is 12.8. The molecule has 0 spiro atoms. The second-order valence-corrected chi connectivity index (χ2v) is 17.7. The van der Waals surface area contributed by atoms with Crippen LogP contribution in [0.1, 0.15) is 48.9 Å². The van der Waals surface area contributed by atoms with Crippen LogP contribution in [0, 0.1) is 11.8 Å². The molecule has 10 atom stereocenters. The van der Waals surface area contributed by atoms with Crippen LogP contribution in [0.15, 0.2) is 103 Å². The number of methoxy groups -OCH3 is 5. The Morgan fingerprint density at radius 3 is 1.62 bits per heavy atom. The van der Waals surface area contributed by atoms with E-state index in [9.17, 15) is 13.0 Å². The Morgan fingerprint density at radius 1 is 0.621 bits per heavy atom. The van der Waals surface area contributed by atoms with E-state index in [1.165, 1.54) is 14.2 Å². The van der Waals surface area contributed by atoms with Gasteiger partial charge in [0.05, 0.1) is 54.4 Å². The molecular formula is C49H61O16S+. The smallest absolute Gasteiger partial charge is 0.397 e. The molecule has 1 saturated carbocycles. The first-order chi connectivity index (χ1) is 31.8. The van der Waals surface area contributed by atoms with E-state index in [0.29, 0.717) is 12.2 Å². The normalized spacial score (nSPS) is 28.8. The van der Waals surface area contributed by atoms with Crippen molar-refractivity contribution in [3.8, 4) is 17.2 Å². The van der Waals surface area contributed by atoms with Gasteiger partial charge in [0, 0.05) is 14.2 Å². The van der Waals surface area contributed by atoms with Crippen LogP contribution >= 0.6 is 0 Å². The zero-order chi connectivity index (χ0) is 46.9. The molecule has 17 heteroatoms. The van der Waals surface area contributed by atoms with Crippen molar-refractivity contribution >= 4 is 10.4 Å². The average Bonchev–Trinajstić information content (AvgIpc) is 3.66. The molecule has 0 unspecified atom stereocenters. The van der Waals surface area contributed by atoms with Crippen molar-refractivity contribution in [3.63, 3.8) is 0 Å². The van der Waals surface area contributed by atoms with Crippen LogP contribution in [0.4, 0.5) is 0 Å². The Labute approximate surface area is 387 Å². The summed E-state index contributed by atoms with van der Waals surface area (Å²) in [4.78, 5) is 0. The molecule has 4 aromatic carbocycles. The summed E-state index contributed by atoms with van der Waals surface area (Å²) in [6, 6.07) is 32.4. The van der Waals surface area contributed by atoms with Crippen LogP contribution in [0.5, 0.6) is 17.2 Å². The molecule has 1 N–H and O–H groups in total. The van der Waals surface area contributed by atoms with Crippen LogP contribution in [0.25, 0.3) is 0 Å². The fourth-order valence-electron chi connectivity index (χ4n) is 8.61. The summed E-state index contributed by atoms with van der Waals surface area (Å²) in [6.45, 7) is 4.33. The van der Waals surface area contributed by atoms with Gasteiger partial charge in [0.1, 0.15) is 72.6 Å². The van der Waals surface area contributed by atoms with Crippen LogP contribution in [0.3, 0.4) is 0 Å². The molecule has 16 nitrogen and oxygen atoms in total. The highest BCUT2D eigenvalue weighted by molar-refractivity contribution is 7.80. The van der Waals surface area contributed by atoms with Crippen molar-refractivity contribution in [2.24, 2.45) is 5.92 Å². The minimum Gasteiger partial charge on any atom is -0.497 e. The fraction of sp³-hybridized carbons (Fsp3) is 0.490. The Bertz CT molecular complexity index is 2210. The second kappa shape index (κ2) is 22.2. The largest absolute Gasteiger partial charge is 0.497 e. The van der Waals surface area contributed by atoms with Crippen molar-refractivity contribution in [1.29, 1.82) is 0 Å². The van der Waals surface area contributed by atoms with E-state index in [2.05, 4.69) is 0 Å². The van der Waals surface area contributed by atoms with Gasteiger partial charge in [-0.3, -0.25) is 4.55 Å². The predicted molar refractivity (Wildman–Crippen MR) is 239 cm³/mol. The summed E-state index contributed by atoms with van der Waals surface area (Å²) in [5, 5.41) is 0. The standard InChI is InChI=1S/C49H60O16S/c1-48(56-6)49(2,57-7)64-46-45(63-48)44(65-66(50,51)52)42(62-47(46)61-30-32-11-9-8-10-12-32)26-36-25-41(59-28-34-15-21-38(54-4)22-16-34)43(60-29-35-17-23-39(55-5)24-18-35)40(36)31-58-27-33-13-19-37(53-3)20-14-33/h8-24,40-47H,25-31H2,1-7H3/p+1/t40-,41+,42+,43+,44+,45-,46+,47+,48+,49+/m0/s1. The van der Waals surface area contributed by atoms with Gasteiger partial charge in [-0.2, -0.15) is 8.42 Å². The average molecular weight is 938 g/mol. The highest BCUT2D eigenvalue weighted by Gasteiger charge is 2.65. The molecule has 0 amide bonds. The van der Waals surface area contributed by atoms with Gasteiger partial charge in [-0.1, -0.05) is 66.7 Å². The first-order valence-electron chi connectivity index (χ1n) is 21.7. The summed E-state index contributed by atoms with van der Waals surface area (Å²) in [7, 11) is 2.59. The quantitative estimate of drug-likeness (QED) is 0.0628. The van der Waals surface area contributed by atoms with E-state index in [4.69, 9.17) is 61.0 Å². The zero-order valence-corrected chi connectivity index (χ0v) is 39.2. The molecule has 2 heterocycles. The number of benzene rings is 4. The lowest BCUT2D eigenvalue weighted by Gasteiger charge is -2.56. The Hall–Kier alpha value is -4.34. The number of ether oxygens (including phenoxy) is 12. The molecule has 66 heavy (non-hydrogen) atoms. The molecule has 358 valence electrons.